The van der Waals surface area contributed by atoms with Crippen molar-refractivity contribution in [3.63, 3.8) is 0 Å². The molecule has 0 radical (unpaired) electrons. The molecule has 2 aromatic rings. The molecule has 6 nitrogen and oxygen atoms in total. The Morgan fingerprint density at radius 2 is 1.90 bits per heavy atom. The minimum atomic E-state index is -0.419. The van der Waals surface area contributed by atoms with Crippen LogP contribution in [0.15, 0.2) is 42.5 Å². The highest BCUT2D eigenvalue weighted by Gasteiger charge is 2.10. The smallest absolute Gasteiger partial charge is 0.269 e. The van der Waals surface area contributed by atoms with Gasteiger partial charge >= 0.3 is 0 Å². The molecule has 0 heterocycles. The van der Waals surface area contributed by atoms with Crippen LogP contribution in [0.2, 0.25) is 10.0 Å². The number of hydrogen-bond acceptors (Lipinski definition) is 4. The lowest BCUT2D eigenvalue weighted by Crippen LogP contribution is -2.41. The second-order valence-electron chi connectivity index (χ2n) is 6.39. The highest BCUT2D eigenvalue weighted by atomic mass is 35.5. The van der Waals surface area contributed by atoms with Crippen LogP contribution in [0, 0.1) is 0 Å². The highest BCUT2D eigenvalue weighted by Crippen LogP contribution is 2.27. The predicted octanol–water partition coefficient (Wildman–Crippen LogP) is 4.79. The van der Waals surface area contributed by atoms with E-state index in [4.69, 9.17) is 32.7 Å². The zero-order valence-electron chi connectivity index (χ0n) is 16.3. The fraction of sp³-hybridized carbons (Fsp3) is 0.333. The van der Waals surface area contributed by atoms with Gasteiger partial charge in [0.25, 0.3) is 5.91 Å². The van der Waals surface area contributed by atoms with Crippen LogP contribution < -0.4 is 20.3 Å². The van der Waals surface area contributed by atoms with E-state index in [1.54, 1.807) is 42.5 Å². The maximum Gasteiger partial charge on any atom is 0.269 e. The number of rotatable bonds is 9. The molecule has 0 aliphatic carbocycles. The number of ether oxygens (including phenoxy) is 2. The fourth-order valence-electron chi connectivity index (χ4n) is 2.29. The molecular formula is C21H24Cl2N2O4. The molecule has 0 spiro atoms. The third-order valence-electron chi connectivity index (χ3n) is 4.02. The van der Waals surface area contributed by atoms with E-state index in [0.29, 0.717) is 40.1 Å². The number of halogens is 2. The molecule has 8 heteroatoms. The van der Waals surface area contributed by atoms with Gasteiger partial charge in [-0.15, -0.1) is 0 Å². The third kappa shape index (κ3) is 7.83. The van der Waals surface area contributed by atoms with E-state index in [1.165, 1.54) is 0 Å². The monoisotopic (exact) mass is 438 g/mol. The van der Waals surface area contributed by atoms with E-state index in [1.807, 2.05) is 13.8 Å². The number of hydrogen-bond donors (Lipinski definition) is 2. The van der Waals surface area contributed by atoms with E-state index >= 15 is 0 Å². The zero-order valence-corrected chi connectivity index (χ0v) is 17.8. The molecule has 0 bridgehead atoms. The average molecular weight is 439 g/mol. The van der Waals surface area contributed by atoms with Gasteiger partial charge in [0.15, 0.2) is 0 Å². The van der Waals surface area contributed by atoms with Gasteiger partial charge in [-0.25, -0.2) is 0 Å². The van der Waals surface area contributed by atoms with Gasteiger partial charge in [-0.05, 0) is 56.2 Å². The number of hydrazine groups is 1. The molecule has 0 saturated carbocycles. The molecule has 2 rings (SSSR count). The van der Waals surface area contributed by atoms with Crippen molar-refractivity contribution in [2.45, 2.75) is 39.2 Å². The molecule has 156 valence electrons. The summed E-state index contributed by atoms with van der Waals surface area (Å²) in [6.07, 6.45) is 1.56. The maximum atomic E-state index is 12.2. The van der Waals surface area contributed by atoms with Crippen LogP contribution in [0.5, 0.6) is 11.5 Å². The largest absolute Gasteiger partial charge is 0.492 e. The number of carbonyl (C=O) groups is 2. The molecule has 0 fully saturated rings. The molecule has 2 amide bonds. The lowest BCUT2D eigenvalue weighted by atomic mass is 10.2. The van der Waals surface area contributed by atoms with Gasteiger partial charge in [0.2, 0.25) is 5.91 Å². The van der Waals surface area contributed by atoms with Crippen LogP contribution in [0.1, 0.15) is 43.5 Å². The van der Waals surface area contributed by atoms with Gasteiger partial charge in [0.1, 0.15) is 11.5 Å². The van der Waals surface area contributed by atoms with E-state index in [0.717, 1.165) is 6.42 Å². The molecule has 0 aromatic heterocycles. The van der Waals surface area contributed by atoms with Crippen molar-refractivity contribution in [1.29, 1.82) is 0 Å². The summed E-state index contributed by atoms with van der Waals surface area (Å²) in [5.41, 5.74) is 5.18. The van der Waals surface area contributed by atoms with Gasteiger partial charge in [-0.3, -0.25) is 20.4 Å². The summed E-state index contributed by atoms with van der Waals surface area (Å²) >= 11 is 11.8. The van der Waals surface area contributed by atoms with Gasteiger partial charge in [0, 0.05) is 17.0 Å². The molecule has 0 saturated heterocycles. The maximum absolute atomic E-state index is 12.2. The zero-order chi connectivity index (χ0) is 21.2. The molecular weight excluding hydrogens is 415 g/mol. The van der Waals surface area contributed by atoms with Crippen molar-refractivity contribution in [2.75, 3.05) is 6.61 Å². The Bertz CT molecular complexity index is 845. The Morgan fingerprint density at radius 1 is 1.10 bits per heavy atom. The van der Waals surface area contributed by atoms with Crippen LogP contribution in [-0.2, 0) is 4.79 Å². The number of amides is 2. The molecule has 2 N–H and O–H groups in total. The van der Waals surface area contributed by atoms with Crippen molar-refractivity contribution >= 4 is 35.0 Å². The summed E-state index contributed by atoms with van der Waals surface area (Å²) in [7, 11) is 0. The minimum Gasteiger partial charge on any atom is -0.492 e. The molecule has 0 aliphatic rings. The predicted molar refractivity (Wildman–Crippen MR) is 114 cm³/mol. The van der Waals surface area contributed by atoms with Crippen LogP contribution in [0.25, 0.3) is 0 Å². The lowest BCUT2D eigenvalue weighted by Gasteiger charge is -2.13. The molecule has 1 unspecified atom stereocenters. The molecule has 2 aromatic carbocycles. The summed E-state index contributed by atoms with van der Waals surface area (Å²) in [5, 5.41) is 0.934. The average Bonchev–Trinajstić information content (AvgIpc) is 2.70. The second-order valence-corrected chi connectivity index (χ2v) is 7.24. The Morgan fingerprint density at radius 3 is 2.62 bits per heavy atom. The normalized spacial score (nSPS) is 11.4. The van der Waals surface area contributed by atoms with E-state index < -0.39 is 5.91 Å². The van der Waals surface area contributed by atoms with Crippen molar-refractivity contribution in [1.82, 2.24) is 10.9 Å². The lowest BCUT2D eigenvalue weighted by molar-refractivity contribution is -0.122. The summed E-state index contributed by atoms with van der Waals surface area (Å²) in [6, 6.07) is 11.7. The number of carbonyl (C=O) groups excluding carboxylic acids is 2. The van der Waals surface area contributed by atoms with Crippen molar-refractivity contribution in [3.8, 4) is 11.5 Å². The summed E-state index contributed by atoms with van der Waals surface area (Å²) < 4.78 is 11.2. The van der Waals surface area contributed by atoms with Crippen LogP contribution >= 0.6 is 23.2 Å². The Labute approximate surface area is 180 Å². The van der Waals surface area contributed by atoms with Gasteiger partial charge in [0.05, 0.1) is 17.7 Å². The third-order valence-corrected chi connectivity index (χ3v) is 4.55. The van der Waals surface area contributed by atoms with Gasteiger partial charge in [-0.2, -0.15) is 0 Å². The molecule has 29 heavy (non-hydrogen) atoms. The van der Waals surface area contributed by atoms with E-state index in [-0.39, 0.29) is 18.4 Å². The first-order valence-corrected chi connectivity index (χ1v) is 10.1. The Hall–Kier alpha value is -2.44. The van der Waals surface area contributed by atoms with Gasteiger partial charge in [-0.1, -0.05) is 36.2 Å². The summed E-state index contributed by atoms with van der Waals surface area (Å²) in [6.45, 7) is 4.28. The Kier molecular flexibility index (Phi) is 9.09. The first-order chi connectivity index (χ1) is 13.9. The highest BCUT2D eigenvalue weighted by molar-refractivity contribution is 6.35. The first-order valence-electron chi connectivity index (χ1n) is 9.32. The van der Waals surface area contributed by atoms with Crippen molar-refractivity contribution in [3.05, 3.63) is 58.1 Å². The first kappa shape index (κ1) is 22.8. The number of benzene rings is 2. The molecule has 0 aliphatic heterocycles. The van der Waals surface area contributed by atoms with E-state index in [9.17, 15) is 9.59 Å². The second kappa shape index (κ2) is 11.5. The standard InChI is InChI=1S/C21H24Cl2N2O4/c1-3-14(2)29-17-7-4-6-15(12-17)21(27)25-24-20(26)8-5-11-28-19-10-9-16(22)13-18(19)23/h4,6-7,9-10,12-14H,3,5,8,11H2,1-2H3,(H,24,26)(H,25,27). The minimum absolute atomic E-state index is 0.0537. The quantitative estimate of drug-likeness (QED) is 0.435. The van der Waals surface area contributed by atoms with E-state index in [2.05, 4.69) is 10.9 Å². The van der Waals surface area contributed by atoms with Gasteiger partial charge < -0.3 is 9.47 Å². The topological polar surface area (TPSA) is 76.7 Å². The number of nitrogens with one attached hydrogen (secondary N) is 2. The summed E-state index contributed by atoms with van der Waals surface area (Å²) in [4.78, 5) is 24.1. The Balaban J connectivity index is 1.72. The summed E-state index contributed by atoms with van der Waals surface area (Å²) in [5.74, 6) is 0.369. The molecule has 1 atom stereocenters. The van der Waals surface area contributed by atoms with Crippen LogP contribution in [-0.4, -0.2) is 24.5 Å². The fourth-order valence-corrected chi connectivity index (χ4v) is 2.76. The SMILES string of the molecule is CCC(C)Oc1cccc(C(=O)NNC(=O)CCCOc2ccc(Cl)cc2Cl)c1. The van der Waals surface area contributed by atoms with Crippen molar-refractivity contribution < 1.29 is 19.1 Å². The van der Waals surface area contributed by atoms with Crippen molar-refractivity contribution in [2.24, 2.45) is 0 Å². The van der Waals surface area contributed by atoms with Crippen LogP contribution in [0.3, 0.4) is 0 Å². The van der Waals surface area contributed by atoms with Crippen LogP contribution in [0.4, 0.5) is 0 Å².